The fraction of sp³-hybridized carbons (Fsp3) is 0.263. The van der Waals surface area contributed by atoms with Gasteiger partial charge in [0, 0.05) is 5.69 Å². The van der Waals surface area contributed by atoms with Crippen LogP contribution >= 0.6 is 23.4 Å². The van der Waals surface area contributed by atoms with E-state index in [9.17, 15) is 4.79 Å². The second-order valence-electron chi connectivity index (χ2n) is 6.38. The molecule has 1 N–H and O–H groups in total. The zero-order chi connectivity index (χ0) is 19.5. The molecular formula is C19H18ClN5O2S. The van der Waals surface area contributed by atoms with E-state index < -0.39 is 5.25 Å². The number of hydrogen-bond donors (Lipinski definition) is 1. The van der Waals surface area contributed by atoms with E-state index >= 15 is 0 Å². The monoisotopic (exact) mass is 415 g/mol. The van der Waals surface area contributed by atoms with E-state index in [0.29, 0.717) is 27.7 Å². The molecule has 1 unspecified atom stereocenters. The summed E-state index contributed by atoms with van der Waals surface area (Å²) in [6.45, 7) is 0. The van der Waals surface area contributed by atoms with E-state index in [1.807, 2.05) is 30.3 Å². The van der Waals surface area contributed by atoms with Crippen LogP contribution in [0.15, 0.2) is 53.7 Å². The zero-order valence-electron chi connectivity index (χ0n) is 15.1. The van der Waals surface area contributed by atoms with Gasteiger partial charge in [-0.05, 0) is 47.0 Å². The third kappa shape index (κ3) is 4.13. The van der Waals surface area contributed by atoms with Crippen LogP contribution in [0.4, 0.5) is 5.69 Å². The van der Waals surface area contributed by atoms with Crippen molar-refractivity contribution in [2.75, 3.05) is 12.4 Å². The second kappa shape index (κ2) is 8.20. The molecule has 4 rings (SSSR count). The molecular weight excluding hydrogens is 398 g/mol. The number of rotatable bonds is 7. The van der Waals surface area contributed by atoms with Gasteiger partial charge in [-0.15, -0.1) is 5.10 Å². The number of hydrogen-bond acceptors (Lipinski definition) is 6. The number of methoxy groups -OCH3 is 1. The van der Waals surface area contributed by atoms with Gasteiger partial charge in [-0.2, -0.15) is 0 Å². The summed E-state index contributed by atoms with van der Waals surface area (Å²) in [6, 6.07) is 15.0. The molecule has 1 atom stereocenters. The molecule has 0 aliphatic heterocycles. The highest BCUT2D eigenvalue weighted by atomic mass is 35.5. The summed E-state index contributed by atoms with van der Waals surface area (Å²) < 4.78 is 6.96. The lowest BCUT2D eigenvalue weighted by Crippen LogP contribution is -2.19. The number of anilines is 1. The molecule has 28 heavy (non-hydrogen) atoms. The van der Waals surface area contributed by atoms with Crippen molar-refractivity contribution in [3.63, 3.8) is 0 Å². The summed E-state index contributed by atoms with van der Waals surface area (Å²) in [5, 5.41) is 15.5. The minimum atomic E-state index is -0.509. The molecule has 7 nitrogen and oxygen atoms in total. The predicted molar refractivity (Wildman–Crippen MR) is 108 cm³/mol. The lowest BCUT2D eigenvalue weighted by Gasteiger charge is -2.17. The van der Waals surface area contributed by atoms with E-state index in [0.717, 1.165) is 18.4 Å². The number of aromatic nitrogens is 4. The number of ether oxygens (including phenoxy) is 1. The average Bonchev–Trinajstić information content (AvgIpc) is 3.45. The van der Waals surface area contributed by atoms with Crippen LogP contribution in [0.25, 0.3) is 0 Å². The van der Waals surface area contributed by atoms with Gasteiger partial charge < -0.3 is 10.1 Å². The number of carbonyl (C=O) groups excluding carboxylic acids is 1. The van der Waals surface area contributed by atoms with Gasteiger partial charge in [0.1, 0.15) is 11.0 Å². The van der Waals surface area contributed by atoms with Crippen LogP contribution < -0.4 is 10.1 Å². The highest BCUT2D eigenvalue weighted by molar-refractivity contribution is 8.00. The van der Waals surface area contributed by atoms with Crippen LogP contribution in [0, 0.1) is 0 Å². The van der Waals surface area contributed by atoms with Crippen molar-refractivity contribution in [1.29, 1.82) is 0 Å². The lowest BCUT2D eigenvalue weighted by molar-refractivity contribution is -0.115. The number of halogens is 1. The summed E-state index contributed by atoms with van der Waals surface area (Å²) in [4.78, 5) is 13.1. The van der Waals surface area contributed by atoms with Gasteiger partial charge in [0.2, 0.25) is 11.1 Å². The number of thioether (sulfide) groups is 1. The number of nitrogens with zero attached hydrogens (tertiary/aromatic N) is 4. The van der Waals surface area contributed by atoms with Crippen molar-refractivity contribution < 1.29 is 9.53 Å². The first-order valence-electron chi connectivity index (χ1n) is 8.79. The molecule has 9 heteroatoms. The van der Waals surface area contributed by atoms with Crippen LogP contribution in [0.5, 0.6) is 5.75 Å². The quantitative estimate of drug-likeness (QED) is 0.584. The molecule has 1 aliphatic carbocycles. The molecule has 3 aromatic rings. The van der Waals surface area contributed by atoms with Crippen molar-refractivity contribution in [2.45, 2.75) is 29.3 Å². The highest BCUT2D eigenvalue weighted by Crippen LogP contribution is 2.41. The fourth-order valence-electron chi connectivity index (χ4n) is 2.77. The zero-order valence-corrected chi connectivity index (χ0v) is 16.7. The molecule has 1 saturated carbocycles. The van der Waals surface area contributed by atoms with Crippen molar-refractivity contribution in [3.8, 4) is 5.75 Å². The second-order valence-corrected chi connectivity index (χ2v) is 7.86. The van der Waals surface area contributed by atoms with Gasteiger partial charge in [0.15, 0.2) is 0 Å². The summed E-state index contributed by atoms with van der Waals surface area (Å²) in [5.74, 6) is 0.375. The molecule has 2 aromatic carbocycles. The van der Waals surface area contributed by atoms with Gasteiger partial charge in [0.25, 0.3) is 0 Å². The Morgan fingerprint density at radius 1 is 1.29 bits per heavy atom. The van der Waals surface area contributed by atoms with Crippen molar-refractivity contribution >= 4 is 35.0 Å². The first-order valence-corrected chi connectivity index (χ1v) is 10.1. The predicted octanol–water partition coefficient (Wildman–Crippen LogP) is 4.14. The van der Waals surface area contributed by atoms with Crippen LogP contribution in [-0.4, -0.2) is 33.2 Å². The van der Waals surface area contributed by atoms with E-state index in [2.05, 4.69) is 20.8 Å². The SMILES string of the molecule is COc1ccc(NC(=O)C(Sc2nnnn2C2CC2)c2ccccc2)cc1Cl. The van der Waals surface area contributed by atoms with Crippen LogP contribution in [0.1, 0.15) is 29.7 Å². The van der Waals surface area contributed by atoms with Crippen molar-refractivity contribution in [1.82, 2.24) is 20.2 Å². The van der Waals surface area contributed by atoms with Gasteiger partial charge >= 0.3 is 0 Å². The lowest BCUT2D eigenvalue weighted by atomic mass is 10.1. The molecule has 1 fully saturated rings. The number of benzene rings is 2. The van der Waals surface area contributed by atoms with E-state index in [-0.39, 0.29) is 5.91 Å². The van der Waals surface area contributed by atoms with Crippen LogP contribution in [0.2, 0.25) is 5.02 Å². The summed E-state index contributed by atoms with van der Waals surface area (Å²) >= 11 is 7.52. The molecule has 0 bridgehead atoms. The van der Waals surface area contributed by atoms with Gasteiger partial charge in [-0.1, -0.05) is 53.7 Å². The third-order valence-corrected chi connectivity index (χ3v) is 5.84. The molecule has 0 radical (unpaired) electrons. The smallest absolute Gasteiger partial charge is 0.242 e. The van der Waals surface area contributed by atoms with Crippen LogP contribution in [0.3, 0.4) is 0 Å². The van der Waals surface area contributed by atoms with Crippen molar-refractivity contribution in [3.05, 3.63) is 59.1 Å². The maximum atomic E-state index is 13.1. The Balaban J connectivity index is 1.58. The normalized spacial score (nSPS) is 14.5. The molecule has 1 amide bonds. The summed E-state index contributed by atoms with van der Waals surface area (Å²) in [7, 11) is 1.55. The summed E-state index contributed by atoms with van der Waals surface area (Å²) in [6.07, 6.45) is 2.12. The largest absolute Gasteiger partial charge is 0.495 e. The number of nitrogens with one attached hydrogen (secondary N) is 1. The standard InChI is InChI=1S/C19H18ClN5O2S/c1-27-16-10-7-13(11-15(16)20)21-18(26)17(12-5-3-2-4-6-12)28-19-22-23-24-25(19)14-8-9-14/h2-7,10-11,14,17H,8-9H2,1H3,(H,21,26). The molecule has 0 spiro atoms. The topological polar surface area (TPSA) is 81.9 Å². The first kappa shape index (κ1) is 18.8. The third-order valence-electron chi connectivity index (χ3n) is 4.34. The number of amides is 1. The van der Waals surface area contributed by atoms with Crippen molar-refractivity contribution in [2.24, 2.45) is 0 Å². The Hall–Kier alpha value is -2.58. The molecule has 144 valence electrons. The van der Waals surface area contributed by atoms with Crippen LogP contribution in [-0.2, 0) is 4.79 Å². The molecule has 1 aliphatic rings. The van der Waals surface area contributed by atoms with Gasteiger partial charge in [0.05, 0.1) is 18.2 Å². The van der Waals surface area contributed by atoms with Gasteiger partial charge in [-0.25, -0.2) is 4.68 Å². The minimum Gasteiger partial charge on any atom is -0.495 e. The van der Waals surface area contributed by atoms with Gasteiger partial charge in [-0.3, -0.25) is 4.79 Å². The first-order chi connectivity index (χ1) is 13.7. The van der Waals surface area contributed by atoms with E-state index in [4.69, 9.17) is 16.3 Å². The molecule has 0 saturated heterocycles. The Kier molecular flexibility index (Phi) is 5.50. The Bertz CT molecular complexity index is 977. The highest BCUT2D eigenvalue weighted by Gasteiger charge is 2.31. The molecule has 1 heterocycles. The van der Waals surface area contributed by atoms with E-state index in [1.54, 1.807) is 30.0 Å². The van der Waals surface area contributed by atoms with E-state index in [1.165, 1.54) is 11.8 Å². The molecule has 1 aromatic heterocycles. The minimum absolute atomic E-state index is 0.178. The summed E-state index contributed by atoms with van der Waals surface area (Å²) in [5.41, 5.74) is 1.47. The fourth-order valence-corrected chi connectivity index (χ4v) is 4.07. The number of tetrazole rings is 1. The maximum Gasteiger partial charge on any atom is 0.242 e. The maximum absolute atomic E-state index is 13.1. The Labute approximate surface area is 171 Å². The number of carbonyl (C=O) groups is 1. The Morgan fingerprint density at radius 2 is 2.07 bits per heavy atom. The Morgan fingerprint density at radius 3 is 2.75 bits per heavy atom. The average molecular weight is 416 g/mol.